The molecule has 0 bridgehead atoms. The lowest BCUT2D eigenvalue weighted by molar-refractivity contribution is 0.0600. The molecule has 0 amide bonds. The molecule has 130 valence electrons. The number of nitrogens with zero attached hydrogens (tertiary/aromatic N) is 1. The fourth-order valence-electron chi connectivity index (χ4n) is 3.30. The average molecular weight is 346 g/mol. The summed E-state index contributed by atoms with van der Waals surface area (Å²) in [7, 11) is 1.34. The number of benzene rings is 2. The third-order valence-corrected chi connectivity index (χ3v) is 4.67. The smallest absolute Gasteiger partial charge is 0.337 e. The molecule has 1 unspecified atom stereocenters. The van der Waals surface area contributed by atoms with Crippen LogP contribution in [0.5, 0.6) is 0 Å². The average Bonchev–Trinajstić information content (AvgIpc) is 3.08. The van der Waals surface area contributed by atoms with Crippen molar-refractivity contribution in [2.45, 2.75) is 12.6 Å². The van der Waals surface area contributed by atoms with Crippen molar-refractivity contribution in [1.82, 2.24) is 4.57 Å². The standard InChI is InChI=1S/C21H18N2O3/c1-26-21(25)15-10-8-14(9-11-15)20(24)19-18-7-4-12-23(18)13-16-5-2-3-6-17(16)22-19/h2-12,19,22H,13H2,1H3. The number of carbonyl (C=O) groups excluding carboxylic acids is 2. The summed E-state index contributed by atoms with van der Waals surface area (Å²) in [5.74, 6) is -0.461. The molecule has 1 aliphatic rings. The van der Waals surface area contributed by atoms with Gasteiger partial charge in [-0.15, -0.1) is 0 Å². The molecule has 5 heteroatoms. The van der Waals surface area contributed by atoms with Crippen LogP contribution in [0.3, 0.4) is 0 Å². The van der Waals surface area contributed by atoms with Crippen LogP contribution >= 0.6 is 0 Å². The highest BCUT2D eigenvalue weighted by molar-refractivity contribution is 6.03. The van der Waals surface area contributed by atoms with Gasteiger partial charge in [0.25, 0.3) is 0 Å². The van der Waals surface area contributed by atoms with E-state index in [1.54, 1.807) is 24.3 Å². The summed E-state index contributed by atoms with van der Waals surface area (Å²) in [6.07, 6.45) is 1.99. The Morgan fingerprint density at radius 1 is 1.00 bits per heavy atom. The molecule has 2 aromatic carbocycles. The maximum Gasteiger partial charge on any atom is 0.337 e. The van der Waals surface area contributed by atoms with Crippen LogP contribution in [0.15, 0.2) is 66.9 Å². The predicted octanol–water partition coefficient (Wildman–Crippen LogP) is 3.67. The number of ether oxygens (including phenoxy) is 1. The van der Waals surface area contributed by atoms with Crippen LogP contribution < -0.4 is 5.32 Å². The number of nitrogens with one attached hydrogen (secondary N) is 1. The molecule has 5 nitrogen and oxygen atoms in total. The van der Waals surface area contributed by atoms with Gasteiger partial charge in [-0.3, -0.25) is 4.79 Å². The van der Waals surface area contributed by atoms with Crippen LogP contribution in [0.2, 0.25) is 0 Å². The van der Waals surface area contributed by atoms with Crippen molar-refractivity contribution in [3.63, 3.8) is 0 Å². The molecule has 0 saturated heterocycles. The van der Waals surface area contributed by atoms with Crippen molar-refractivity contribution < 1.29 is 14.3 Å². The highest BCUT2D eigenvalue weighted by Crippen LogP contribution is 2.31. The van der Waals surface area contributed by atoms with Gasteiger partial charge in [-0.25, -0.2) is 4.79 Å². The number of Topliss-reactive ketones (excluding diaryl/α,β-unsaturated/α-hetero) is 1. The molecular weight excluding hydrogens is 328 g/mol. The van der Waals surface area contributed by atoms with Gasteiger partial charge >= 0.3 is 5.97 Å². The summed E-state index contributed by atoms with van der Waals surface area (Å²) in [6, 6.07) is 18.0. The van der Waals surface area contributed by atoms with Crippen LogP contribution in [0.1, 0.15) is 38.0 Å². The summed E-state index contributed by atoms with van der Waals surface area (Å²) in [4.78, 5) is 24.8. The summed E-state index contributed by atoms with van der Waals surface area (Å²) >= 11 is 0. The van der Waals surface area contributed by atoms with E-state index in [9.17, 15) is 9.59 Å². The molecule has 2 heterocycles. The lowest BCUT2D eigenvalue weighted by Crippen LogP contribution is -2.22. The third kappa shape index (κ3) is 2.77. The van der Waals surface area contributed by atoms with Crippen molar-refractivity contribution in [1.29, 1.82) is 0 Å². The van der Waals surface area contributed by atoms with Crippen LogP contribution in [0, 0.1) is 0 Å². The predicted molar refractivity (Wildman–Crippen MR) is 98.5 cm³/mol. The number of anilines is 1. The molecule has 26 heavy (non-hydrogen) atoms. The first kappa shape index (κ1) is 16.1. The first-order valence-electron chi connectivity index (χ1n) is 8.39. The van der Waals surface area contributed by atoms with Gasteiger partial charge in [-0.2, -0.15) is 0 Å². The second-order valence-corrected chi connectivity index (χ2v) is 6.23. The van der Waals surface area contributed by atoms with Gasteiger partial charge in [-0.05, 0) is 35.9 Å². The normalized spacial score (nSPS) is 15.2. The number of methoxy groups -OCH3 is 1. The largest absolute Gasteiger partial charge is 0.465 e. The maximum atomic E-state index is 13.2. The molecule has 0 radical (unpaired) electrons. The van der Waals surface area contributed by atoms with Crippen molar-refractivity contribution in [3.05, 3.63) is 89.2 Å². The van der Waals surface area contributed by atoms with E-state index in [-0.39, 0.29) is 5.78 Å². The Kier molecular flexibility index (Phi) is 4.05. The van der Waals surface area contributed by atoms with Gasteiger partial charge in [0.1, 0.15) is 6.04 Å². The molecule has 1 N–H and O–H groups in total. The van der Waals surface area contributed by atoms with Gasteiger partial charge in [0, 0.05) is 29.7 Å². The highest BCUT2D eigenvalue weighted by Gasteiger charge is 2.28. The molecule has 3 aromatic rings. The van der Waals surface area contributed by atoms with Crippen LogP contribution in [0.4, 0.5) is 5.69 Å². The van der Waals surface area contributed by atoms with E-state index in [0.29, 0.717) is 11.1 Å². The minimum Gasteiger partial charge on any atom is -0.465 e. The number of para-hydroxylation sites is 1. The zero-order chi connectivity index (χ0) is 18.1. The van der Waals surface area contributed by atoms with Crippen LogP contribution in [0.25, 0.3) is 0 Å². The summed E-state index contributed by atoms with van der Waals surface area (Å²) in [5.41, 5.74) is 3.99. The first-order chi connectivity index (χ1) is 12.7. The van der Waals surface area contributed by atoms with E-state index in [1.807, 2.05) is 36.5 Å². The number of ketones is 1. The number of hydrogen-bond acceptors (Lipinski definition) is 4. The fraction of sp³-hybridized carbons (Fsp3) is 0.143. The van der Waals surface area contributed by atoms with Crippen molar-refractivity contribution in [3.8, 4) is 0 Å². The minimum absolute atomic E-state index is 0.0435. The summed E-state index contributed by atoms with van der Waals surface area (Å²) in [5, 5.41) is 3.39. The Balaban J connectivity index is 1.70. The Bertz CT molecular complexity index is 973. The van der Waals surface area contributed by atoms with Crippen molar-refractivity contribution in [2.75, 3.05) is 12.4 Å². The minimum atomic E-state index is -0.488. The second kappa shape index (κ2) is 6.52. The van der Waals surface area contributed by atoms with Crippen molar-refractivity contribution in [2.24, 2.45) is 0 Å². The zero-order valence-corrected chi connectivity index (χ0v) is 14.3. The molecule has 0 aliphatic carbocycles. The Morgan fingerprint density at radius 3 is 2.50 bits per heavy atom. The number of esters is 1. The lowest BCUT2D eigenvalue weighted by atomic mass is 10.00. The topological polar surface area (TPSA) is 60.3 Å². The van der Waals surface area contributed by atoms with E-state index in [0.717, 1.165) is 23.5 Å². The van der Waals surface area contributed by atoms with Gasteiger partial charge in [-0.1, -0.05) is 30.3 Å². The maximum absolute atomic E-state index is 13.2. The number of hydrogen-bond donors (Lipinski definition) is 1. The van der Waals surface area contributed by atoms with Crippen LogP contribution in [-0.2, 0) is 11.3 Å². The number of aromatic nitrogens is 1. The molecule has 1 aromatic heterocycles. The second-order valence-electron chi connectivity index (χ2n) is 6.23. The van der Waals surface area contributed by atoms with Gasteiger partial charge in [0.05, 0.1) is 12.7 Å². The quantitative estimate of drug-likeness (QED) is 0.581. The number of rotatable bonds is 3. The molecule has 4 rings (SSSR count). The number of fused-ring (bicyclic) bond motifs is 2. The van der Waals surface area contributed by atoms with E-state index in [1.165, 1.54) is 7.11 Å². The molecule has 0 fully saturated rings. The molecule has 1 aliphatic heterocycles. The molecular formula is C21H18N2O3. The third-order valence-electron chi connectivity index (χ3n) is 4.67. The lowest BCUT2D eigenvalue weighted by Gasteiger charge is -2.18. The zero-order valence-electron chi connectivity index (χ0n) is 14.3. The fourth-order valence-corrected chi connectivity index (χ4v) is 3.30. The molecule has 0 saturated carbocycles. The summed E-state index contributed by atoms with van der Waals surface area (Å²) in [6.45, 7) is 0.719. The molecule has 1 atom stereocenters. The first-order valence-corrected chi connectivity index (χ1v) is 8.39. The Hall–Kier alpha value is -3.34. The van der Waals surface area contributed by atoms with Crippen molar-refractivity contribution >= 4 is 17.4 Å². The SMILES string of the molecule is COC(=O)c1ccc(C(=O)C2Nc3ccccc3Cn3cccc32)cc1. The molecule has 0 spiro atoms. The van der Waals surface area contributed by atoms with Gasteiger partial charge < -0.3 is 14.6 Å². The summed E-state index contributed by atoms with van der Waals surface area (Å²) < 4.78 is 6.79. The van der Waals surface area contributed by atoms with E-state index >= 15 is 0 Å². The van der Waals surface area contributed by atoms with E-state index < -0.39 is 12.0 Å². The monoisotopic (exact) mass is 346 g/mol. The van der Waals surface area contributed by atoms with Gasteiger partial charge in [0.2, 0.25) is 0 Å². The Labute approximate surface area is 151 Å². The van der Waals surface area contributed by atoms with Crippen LogP contribution in [-0.4, -0.2) is 23.4 Å². The van der Waals surface area contributed by atoms with E-state index in [4.69, 9.17) is 4.74 Å². The van der Waals surface area contributed by atoms with E-state index in [2.05, 4.69) is 16.0 Å². The van der Waals surface area contributed by atoms with Gasteiger partial charge in [0.15, 0.2) is 5.78 Å². The highest BCUT2D eigenvalue weighted by atomic mass is 16.5. The Morgan fingerprint density at radius 2 is 1.73 bits per heavy atom. The number of carbonyl (C=O) groups is 2.